The minimum absolute atomic E-state index is 0.164. The van der Waals surface area contributed by atoms with E-state index >= 15 is 0 Å². The molecule has 1 aromatic rings. The number of hydrogen-bond acceptors (Lipinski definition) is 2. The van der Waals surface area contributed by atoms with Crippen LogP contribution in [0.4, 0.5) is 5.69 Å². The Morgan fingerprint density at radius 2 is 2.33 bits per heavy atom. The summed E-state index contributed by atoms with van der Waals surface area (Å²) in [5.41, 5.74) is 2.24. The van der Waals surface area contributed by atoms with Gasteiger partial charge in [-0.15, -0.1) is 23.4 Å². The van der Waals surface area contributed by atoms with Crippen LogP contribution in [0.2, 0.25) is 0 Å². The first-order valence-corrected chi connectivity index (χ1v) is 6.32. The molecular weight excluding hydrogens is 230 g/mol. The number of amides is 1. The summed E-state index contributed by atoms with van der Waals surface area (Å²) in [6.07, 6.45) is 0.882. The quantitative estimate of drug-likeness (QED) is 0.742. The summed E-state index contributed by atoms with van der Waals surface area (Å²) in [5, 5.41) is 0. The van der Waals surface area contributed by atoms with Crippen molar-refractivity contribution in [1.29, 1.82) is 0 Å². The maximum atomic E-state index is 11.5. The highest BCUT2D eigenvalue weighted by Crippen LogP contribution is 2.35. The number of carbonyl (C=O) groups is 1. The zero-order valence-electron chi connectivity index (χ0n) is 8.50. The van der Waals surface area contributed by atoms with Crippen LogP contribution in [0, 0.1) is 0 Å². The van der Waals surface area contributed by atoms with E-state index in [1.165, 1.54) is 10.5 Å². The molecule has 15 heavy (non-hydrogen) atoms. The molecule has 2 rings (SSSR count). The monoisotopic (exact) mass is 241 g/mol. The molecule has 1 aliphatic heterocycles. The van der Waals surface area contributed by atoms with Crippen LogP contribution in [0.1, 0.15) is 5.56 Å². The van der Waals surface area contributed by atoms with Crippen molar-refractivity contribution in [3.63, 3.8) is 0 Å². The predicted molar refractivity (Wildman–Crippen MR) is 65.0 cm³/mol. The second kappa shape index (κ2) is 4.45. The van der Waals surface area contributed by atoms with Crippen LogP contribution in [0.3, 0.4) is 0 Å². The Kier molecular flexibility index (Phi) is 3.22. The van der Waals surface area contributed by atoms with Crippen molar-refractivity contribution in [2.24, 2.45) is 0 Å². The minimum Gasteiger partial charge on any atom is -0.314 e. The molecule has 1 aromatic carbocycles. The summed E-state index contributed by atoms with van der Waals surface area (Å²) in [5.74, 6) is 1.34. The Bertz CT molecular complexity index is 394. The number of rotatable bonds is 2. The highest BCUT2D eigenvalue weighted by molar-refractivity contribution is 8.00. The smallest absolute Gasteiger partial charge is 0.237 e. The van der Waals surface area contributed by atoms with E-state index in [0.717, 1.165) is 12.1 Å². The third-order valence-electron chi connectivity index (χ3n) is 2.49. The molecular formula is C11H12ClNOS. The Morgan fingerprint density at radius 1 is 1.53 bits per heavy atom. The Balaban J connectivity index is 2.34. The van der Waals surface area contributed by atoms with Gasteiger partial charge in [0.25, 0.3) is 0 Å². The standard InChI is InChI=1S/C11H12ClNOS/c1-13-9-3-2-8(4-5-12)6-10(9)15-7-11(13)14/h2-3,6H,4-5,7H2,1H3. The van der Waals surface area contributed by atoms with Crippen molar-refractivity contribution in [3.05, 3.63) is 23.8 Å². The average molecular weight is 242 g/mol. The molecule has 0 atom stereocenters. The minimum atomic E-state index is 0.164. The third-order valence-corrected chi connectivity index (χ3v) is 3.71. The van der Waals surface area contributed by atoms with E-state index in [1.54, 1.807) is 16.7 Å². The van der Waals surface area contributed by atoms with Crippen LogP contribution in [-0.2, 0) is 11.2 Å². The zero-order valence-corrected chi connectivity index (χ0v) is 10.1. The van der Waals surface area contributed by atoms with Gasteiger partial charge in [0.05, 0.1) is 11.4 Å². The van der Waals surface area contributed by atoms with Gasteiger partial charge in [-0.05, 0) is 24.1 Å². The van der Waals surface area contributed by atoms with Crippen molar-refractivity contribution in [2.75, 3.05) is 23.6 Å². The van der Waals surface area contributed by atoms with Crippen molar-refractivity contribution in [1.82, 2.24) is 0 Å². The fourth-order valence-corrected chi connectivity index (χ4v) is 2.86. The SMILES string of the molecule is CN1C(=O)CSc2cc(CCCl)ccc21. The van der Waals surface area contributed by atoms with Crippen LogP contribution in [0.15, 0.2) is 23.1 Å². The van der Waals surface area contributed by atoms with Gasteiger partial charge in [-0.2, -0.15) is 0 Å². The molecule has 2 nitrogen and oxygen atoms in total. The number of fused-ring (bicyclic) bond motifs is 1. The van der Waals surface area contributed by atoms with Gasteiger partial charge in [-0.1, -0.05) is 6.07 Å². The number of alkyl halides is 1. The lowest BCUT2D eigenvalue weighted by molar-refractivity contribution is -0.116. The van der Waals surface area contributed by atoms with Gasteiger partial charge in [0.15, 0.2) is 0 Å². The summed E-state index contributed by atoms with van der Waals surface area (Å²) >= 11 is 7.31. The third kappa shape index (κ3) is 2.13. The highest BCUT2D eigenvalue weighted by atomic mass is 35.5. The van der Waals surface area contributed by atoms with Crippen LogP contribution < -0.4 is 4.90 Å². The van der Waals surface area contributed by atoms with E-state index in [0.29, 0.717) is 11.6 Å². The molecule has 0 saturated heterocycles. The van der Waals surface area contributed by atoms with Crippen molar-refractivity contribution in [2.45, 2.75) is 11.3 Å². The molecule has 1 amide bonds. The molecule has 0 fully saturated rings. The predicted octanol–water partition coefficient (Wildman–Crippen LogP) is 2.54. The maximum Gasteiger partial charge on any atom is 0.237 e. The second-order valence-electron chi connectivity index (χ2n) is 3.48. The molecule has 1 heterocycles. The van der Waals surface area contributed by atoms with Crippen LogP contribution in [0.25, 0.3) is 0 Å². The molecule has 0 bridgehead atoms. The Labute approximate surface area is 98.6 Å². The number of hydrogen-bond donors (Lipinski definition) is 0. The number of nitrogens with zero attached hydrogens (tertiary/aromatic N) is 1. The van der Waals surface area contributed by atoms with E-state index in [4.69, 9.17) is 11.6 Å². The summed E-state index contributed by atoms with van der Waals surface area (Å²) in [7, 11) is 1.82. The van der Waals surface area contributed by atoms with Gasteiger partial charge in [0.2, 0.25) is 5.91 Å². The summed E-state index contributed by atoms with van der Waals surface area (Å²) in [4.78, 5) is 14.4. The summed E-state index contributed by atoms with van der Waals surface area (Å²) in [6.45, 7) is 0. The average Bonchev–Trinajstić information content (AvgIpc) is 2.24. The van der Waals surface area contributed by atoms with Gasteiger partial charge in [-0.25, -0.2) is 0 Å². The molecule has 0 spiro atoms. The fourth-order valence-electron chi connectivity index (χ4n) is 1.59. The van der Waals surface area contributed by atoms with Gasteiger partial charge >= 0.3 is 0 Å². The Morgan fingerprint density at radius 3 is 3.07 bits per heavy atom. The molecule has 0 saturated carbocycles. The normalized spacial score (nSPS) is 15.3. The van der Waals surface area contributed by atoms with E-state index in [2.05, 4.69) is 6.07 Å². The van der Waals surface area contributed by atoms with Gasteiger partial charge in [0.1, 0.15) is 0 Å². The summed E-state index contributed by atoms with van der Waals surface area (Å²) in [6, 6.07) is 6.17. The first kappa shape index (κ1) is 10.8. The first-order chi connectivity index (χ1) is 7.22. The molecule has 0 aromatic heterocycles. The van der Waals surface area contributed by atoms with Crippen LogP contribution in [-0.4, -0.2) is 24.6 Å². The molecule has 1 aliphatic rings. The lowest BCUT2D eigenvalue weighted by Crippen LogP contribution is -2.31. The largest absolute Gasteiger partial charge is 0.314 e. The molecule has 80 valence electrons. The fraction of sp³-hybridized carbons (Fsp3) is 0.364. The number of carbonyl (C=O) groups excluding carboxylic acids is 1. The van der Waals surface area contributed by atoms with Crippen molar-refractivity contribution >= 4 is 35.0 Å². The zero-order chi connectivity index (χ0) is 10.8. The molecule has 0 radical (unpaired) electrons. The molecule has 4 heteroatoms. The lowest BCUT2D eigenvalue weighted by atomic mass is 10.1. The van der Waals surface area contributed by atoms with E-state index in [1.807, 2.05) is 19.2 Å². The van der Waals surface area contributed by atoms with Crippen molar-refractivity contribution < 1.29 is 4.79 Å². The Hall–Kier alpha value is -0.670. The topological polar surface area (TPSA) is 20.3 Å². The highest BCUT2D eigenvalue weighted by Gasteiger charge is 2.21. The van der Waals surface area contributed by atoms with E-state index in [-0.39, 0.29) is 5.91 Å². The van der Waals surface area contributed by atoms with E-state index in [9.17, 15) is 4.79 Å². The number of benzene rings is 1. The first-order valence-electron chi connectivity index (χ1n) is 4.80. The van der Waals surface area contributed by atoms with Gasteiger partial charge < -0.3 is 4.90 Å². The van der Waals surface area contributed by atoms with Gasteiger partial charge in [0, 0.05) is 17.8 Å². The van der Waals surface area contributed by atoms with Crippen LogP contribution in [0.5, 0.6) is 0 Å². The van der Waals surface area contributed by atoms with Crippen molar-refractivity contribution in [3.8, 4) is 0 Å². The van der Waals surface area contributed by atoms with Gasteiger partial charge in [-0.3, -0.25) is 4.79 Å². The summed E-state index contributed by atoms with van der Waals surface area (Å²) < 4.78 is 0. The second-order valence-corrected chi connectivity index (χ2v) is 4.88. The number of halogens is 1. The number of aryl methyl sites for hydroxylation is 1. The van der Waals surface area contributed by atoms with Crippen LogP contribution >= 0.6 is 23.4 Å². The maximum absolute atomic E-state index is 11.5. The number of thioether (sulfide) groups is 1. The number of anilines is 1. The van der Waals surface area contributed by atoms with E-state index < -0.39 is 0 Å². The molecule has 0 N–H and O–H groups in total. The molecule has 0 aliphatic carbocycles. The lowest BCUT2D eigenvalue weighted by Gasteiger charge is -2.25. The molecule has 0 unspecified atom stereocenters.